The Morgan fingerprint density at radius 3 is 2.40 bits per heavy atom. The molecular formula is C10H15. The highest BCUT2D eigenvalue weighted by atomic mass is 14.1. The summed E-state index contributed by atoms with van der Waals surface area (Å²) in [6.45, 7) is 4.41. The Morgan fingerprint density at radius 1 is 1.20 bits per heavy atom. The van der Waals surface area contributed by atoms with E-state index < -0.39 is 0 Å². The lowest BCUT2D eigenvalue weighted by molar-refractivity contribution is 0.893. The Kier molecular flexibility index (Phi) is 2.73. The van der Waals surface area contributed by atoms with Gasteiger partial charge in [-0.3, -0.25) is 0 Å². The molecule has 0 aliphatic heterocycles. The van der Waals surface area contributed by atoms with Crippen LogP contribution in [-0.2, 0) is 0 Å². The Morgan fingerprint density at radius 2 is 2.00 bits per heavy atom. The number of hydrogen-bond donors (Lipinski definition) is 0. The van der Waals surface area contributed by atoms with Crippen molar-refractivity contribution >= 4 is 0 Å². The minimum Gasteiger partial charge on any atom is -0.0804 e. The van der Waals surface area contributed by atoms with Gasteiger partial charge in [0.25, 0.3) is 0 Å². The van der Waals surface area contributed by atoms with E-state index in [2.05, 4.69) is 32.1 Å². The molecule has 0 spiro atoms. The molecule has 0 bridgehead atoms. The zero-order valence-corrected chi connectivity index (χ0v) is 6.85. The highest BCUT2D eigenvalue weighted by molar-refractivity contribution is 5.30. The third kappa shape index (κ3) is 1.73. The van der Waals surface area contributed by atoms with Gasteiger partial charge in [-0.2, -0.15) is 0 Å². The molecule has 0 amide bonds. The van der Waals surface area contributed by atoms with Gasteiger partial charge in [-0.15, -0.1) is 0 Å². The van der Waals surface area contributed by atoms with Gasteiger partial charge in [0, 0.05) is 5.92 Å². The molecule has 0 saturated carbocycles. The molecule has 0 saturated heterocycles. The number of hydrogen-bond acceptors (Lipinski definition) is 0. The van der Waals surface area contributed by atoms with Crippen LogP contribution in [0, 0.1) is 5.92 Å². The molecule has 0 N–H and O–H groups in total. The van der Waals surface area contributed by atoms with Crippen LogP contribution in [0.2, 0.25) is 0 Å². The van der Waals surface area contributed by atoms with Gasteiger partial charge in [0.15, 0.2) is 0 Å². The van der Waals surface area contributed by atoms with Crippen LogP contribution in [0.15, 0.2) is 23.8 Å². The van der Waals surface area contributed by atoms with Crippen molar-refractivity contribution in [1.82, 2.24) is 0 Å². The highest BCUT2D eigenvalue weighted by Gasteiger charge is 2.04. The van der Waals surface area contributed by atoms with E-state index in [-0.39, 0.29) is 0 Å². The average molecular weight is 135 g/mol. The quantitative estimate of drug-likeness (QED) is 0.545. The summed E-state index contributed by atoms with van der Waals surface area (Å²) in [6, 6.07) is 0. The fourth-order valence-corrected chi connectivity index (χ4v) is 1.15. The van der Waals surface area contributed by atoms with Crippen molar-refractivity contribution in [3.05, 3.63) is 29.7 Å². The molecule has 10 heavy (non-hydrogen) atoms. The third-order valence-electron chi connectivity index (χ3n) is 2.02. The maximum Gasteiger partial charge on any atom is 0.00109 e. The maximum absolute atomic E-state index is 2.33. The summed E-state index contributed by atoms with van der Waals surface area (Å²) in [7, 11) is 0. The van der Waals surface area contributed by atoms with Crippen LogP contribution >= 0.6 is 0 Å². The van der Waals surface area contributed by atoms with E-state index in [9.17, 15) is 0 Å². The molecule has 55 valence electrons. The molecule has 0 fully saturated rings. The van der Waals surface area contributed by atoms with E-state index >= 15 is 0 Å². The second kappa shape index (κ2) is 3.60. The van der Waals surface area contributed by atoms with Crippen molar-refractivity contribution in [2.75, 3.05) is 0 Å². The predicted octanol–water partition coefficient (Wildman–Crippen LogP) is 3.27. The lowest BCUT2D eigenvalue weighted by atomic mass is 9.94. The van der Waals surface area contributed by atoms with Crippen LogP contribution in [0.4, 0.5) is 0 Å². The van der Waals surface area contributed by atoms with Gasteiger partial charge in [-0.25, -0.2) is 0 Å². The summed E-state index contributed by atoms with van der Waals surface area (Å²) in [6.07, 6.45) is 10.4. The topological polar surface area (TPSA) is 0 Å². The van der Waals surface area contributed by atoms with E-state index in [0.717, 1.165) is 0 Å². The summed E-state index contributed by atoms with van der Waals surface area (Å²) >= 11 is 0. The summed E-state index contributed by atoms with van der Waals surface area (Å²) in [5.74, 6) is 1.55. The Bertz CT molecular complexity index is 151. The van der Waals surface area contributed by atoms with Gasteiger partial charge in [0.1, 0.15) is 0 Å². The van der Waals surface area contributed by atoms with Crippen LogP contribution in [0.1, 0.15) is 33.1 Å². The van der Waals surface area contributed by atoms with Crippen LogP contribution in [0.5, 0.6) is 0 Å². The first-order valence-corrected chi connectivity index (χ1v) is 4.08. The molecule has 0 heteroatoms. The van der Waals surface area contributed by atoms with Gasteiger partial charge >= 0.3 is 0 Å². The molecule has 0 atom stereocenters. The van der Waals surface area contributed by atoms with E-state index in [1.807, 2.05) is 0 Å². The van der Waals surface area contributed by atoms with Crippen molar-refractivity contribution in [3.63, 3.8) is 0 Å². The van der Waals surface area contributed by atoms with Gasteiger partial charge in [0.05, 0.1) is 0 Å². The molecular weight excluding hydrogens is 120 g/mol. The average Bonchev–Trinajstić information content (AvgIpc) is 2.05. The highest BCUT2D eigenvalue weighted by Crippen LogP contribution is 2.21. The Labute approximate surface area is 63.6 Å². The van der Waals surface area contributed by atoms with Crippen molar-refractivity contribution in [3.8, 4) is 0 Å². The summed E-state index contributed by atoms with van der Waals surface area (Å²) in [5, 5.41) is 0. The van der Waals surface area contributed by atoms with Crippen LogP contribution in [0.3, 0.4) is 0 Å². The normalized spacial score (nSPS) is 19.2. The van der Waals surface area contributed by atoms with Crippen molar-refractivity contribution < 1.29 is 0 Å². The molecule has 1 aliphatic carbocycles. The van der Waals surface area contributed by atoms with Crippen LogP contribution < -0.4 is 0 Å². The fourth-order valence-electron chi connectivity index (χ4n) is 1.15. The first kappa shape index (κ1) is 7.59. The number of allylic oxidation sites excluding steroid dienone is 4. The van der Waals surface area contributed by atoms with Crippen molar-refractivity contribution in [1.29, 1.82) is 0 Å². The van der Waals surface area contributed by atoms with Gasteiger partial charge in [-0.05, 0) is 19.3 Å². The minimum atomic E-state index is 1.17. The maximum atomic E-state index is 2.33. The van der Waals surface area contributed by atoms with Crippen LogP contribution in [-0.4, -0.2) is 0 Å². The minimum absolute atomic E-state index is 1.17. The largest absolute Gasteiger partial charge is 0.0804 e. The molecule has 1 aliphatic rings. The molecule has 0 heterocycles. The lowest BCUT2D eigenvalue weighted by Crippen LogP contribution is -1.94. The standard InChI is InChI=1S/C10H15/c1-3-9-5-7-10(4-2)8-6-9/h5-7H,3-4,8H2,1-2H3. The van der Waals surface area contributed by atoms with E-state index in [1.165, 1.54) is 24.8 Å². The van der Waals surface area contributed by atoms with E-state index in [1.54, 1.807) is 5.92 Å². The predicted molar refractivity (Wildman–Crippen MR) is 45.7 cm³/mol. The van der Waals surface area contributed by atoms with Gasteiger partial charge in [0.2, 0.25) is 0 Å². The molecule has 0 aromatic rings. The first-order valence-electron chi connectivity index (χ1n) is 4.08. The molecule has 0 nitrogen and oxygen atoms in total. The third-order valence-corrected chi connectivity index (χ3v) is 2.02. The zero-order chi connectivity index (χ0) is 7.40. The Hall–Kier alpha value is -0.520. The summed E-state index contributed by atoms with van der Waals surface area (Å²) < 4.78 is 0. The molecule has 0 aromatic heterocycles. The van der Waals surface area contributed by atoms with Crippen LogP contribution in [0.25, 0.3) is 0 Å². The number of rotatable bonds is 2. The monoisotopic (exact) mass is 135 g/mol. The smallest absolute Gasteiger partial charge is 0.00109 e. The van der Waals surface area contributed by atoms with Crippen molar-refractivity contribution in [2.45, 2.75) is 33.1 Å². The second-order valence-corrected chi connectivity index (χ2v) is 2.68. The van der Waals surface area contributed by atoms with E-state index in [4.69, 9.17) is 0 Å². The SMILES string of the molecule is CC[C]1C=CC(CC)=CC1. The first-order chi connectivity index (χ1) is 4.86. The summed E-state index contributed by atoms with van der Waals surface area (Å²) in [4.78, 5) is 0. The zero-order valence-electron chi connectivity index (χ0n) is 6.85. The molecule has 1 radical (unpaired) electrons. The van der Waals surface area contributed by atoms with Crippen molar-refractivity contribution in [2.24, 2.45) is 0 Å². The Balaban J connectivity index is 2.46. The molecule has 1 rings (SSSR count). The second-order valence-electron chi connectivity index (χ2n) is 2.68. The molecule has 0 unspecified atom stereocenters. The van der Waals surface area contributed by atoms with Gasteiger partial charge < -0.3 is 0 Å². The lowest BCUT2D eigenvalue weighted by Gasteiger charge is -2.11. The summed E-state index contributed by atoms with van der Waals surface area (Å²) in [5.41, 5.74) is 1.48. The van der Waals surface area contributed by atoms with Gasteiger partial charge in [-0.1, -0.05) is 37.6 Å². The van der Waals surface area contributed by atoms with E-state index in [0.29, 0.717) is 0 Å². The molecule has 0 aromatic carbocycles. The fraction of sp³-hybridized carbons (Fsp3) is 0.500.